The highest BCUT2D eigenvalue weighted by Gasteiger charge is 2.35. The van der Waals surface area contributed by atoms with E-state index < -0.39 is 12.5 Å². The number of nitrogens with one attached hydrogen (secondary N) is 1. The first-order chi connectivity index (χ1) is 13.6. The molecule has 9 heteroatoms. The van der Waals surface area contributed by atoms with Crippen LogP contribution < -0.4 is 10.1 Å². The number of fused-ring (bicyclic) bond motifs is 1. The van der Waals surface area contributed by atoms with Crippen molar-refractivity contribution in [1.82, 2.24) is 15.2 Å². The molecule has 1 aliphatic rings. The van der Waals surface area contributed by atoms with Crippen LogP contribution in [-0.4, -0.2) is 41.3 Å². The first-order valence-electron chi connectivity index (χ1n) is 8.93. The number of pyridine rings is 1. The summed E-state index contributed by atoms with van der Waals surface area (Å²) in [5.41, 5.74) is 1.93. The Labute approximate surface area is 171 Å². The number of carbonyl (C=O) groups is 2. The molecule has 29 heavy (non-hydrogen) atoms. The van der Waals surface area contributed by atoms with Crippen molar-refractivity contribution in [3.8, 4) is 5.75 Å². The third-order valence-corrected chi connectivity index (χ3v) is 5.00. The predicted octanol–water partition coefficient (Wildman–Crippen LogP) is 3.85. The van der Waals surface area contributed by atoms with Crippen LogP contribution in [0, 0.1) is 0 Å². The molecular formula is C20H20ClF2N3O3. The summed E-state index contributed by atoms with van der Waals surface area (Å²) in [4.78, 5) is 30.6. The van der Waals surface area contributed by atoms with Gasteiger partial charge in [0, 0.05) is 37.8 Å². The van der Waals surface area contributed by atoms with Crippen molar-refractivity contribution in [2.75, 3.05) is 13.7 Å². The van der Waals surface area contributed by atoms with Gasteiger partial charge in [-0.05, 0) is 30.7 Å². The Morgan fingerprint density at radius 3 is 2.76 bits per heavy atom. The molecule has 2 aromatic rings. The third-order valence-electron chi connectivity index (χ3n) is 4.70. The van der Waals surface area contributed by atoms with E-state index in [4.69, 9.17) is 16.3 Å². The van der Waals surface area contributed by atoms with Crippen molar-refractivity contribution >= 4 is 23.4 Å². The van der Waals surface area contributed by atoms with Crippen LogP contribution in [0.15, 0.2) is 30.5 Å². The minimum atomic E-state index is -2.97. The van der Waals surface area contributed by atoms with Crippen molar-refractivity contribution in [3.05, 3.63) is 57.9 Å². The zero-order chi connectivity index (χ0) is 21.3. The van der Waals surface area contributed by atoms with Crippen LogP contribution in [0.1, 0.15) is 51.9 Å². The summed E-state index contributed by atoms with van der Waals surface area (Å²) in [5.74, 6) is -3.41. The highest BCUT2D eigenvalue weighted by atomic mass is 35.5. The average molecular weight is 424 g/mol. The Morgan fingerprint density at radius 2 is 2.14 bits per heavy atom. The molecule has 0 aliphatic carbocycles. The smallest absolute Gasteiger partial charge is 0.278 e. The van der Waals surface area contributed by atoms with Crippen LogP contribution >= 0.6 is 11.6 Å². The van der Waals surface area contributed by atoms with Gasteiger partial charge in [-0.1, -0.05) is 17.7 Å². The lowest BCUT2D eigenvalue weighted by Crippen LogP contribution is -2.27. The fraction of sp³-hybridized carbons (Fsp3) is 0.350. The number of hydrogen-bond acceptors (Lipinski definition) is 4. The molecule has 2 amide bonds. The summed E-state index contributed by atoms with van der Waals surface area (Å²) >= 11 is 6.18. The van der Waals surface area contributed by atoms with E-state index in [1.807, 2.05) is 6.92 Å². The van der Waals surface area contributed by atoms with Gasteiger partial charge < -0.3 is 15.0 Å². The molecule has 1 aromatic carbocycles. The number of carbonyl (C=O) groups excluding carboxylic acids is 2. The molecule has 0 fully saturated rings. The highest BCUT2D eigenvalue weighted by Crippen LogP contribution is 2.35. The number of halogens is 3. The molecule has 154 valence electrons. The van der Waals surface area contributed by atoms with E-state index in [0.717, 1.165) is 6.92 Å². The Hall–Kier alpha value is -2.74. The molecule has 1 atom stereocenters. The summed E-state index contributed by atoms with van der Waals surface area (Å²) in [6, 6.07) is 5.99. The van der Waals surface area contributed by atoms with Gasteiger partial charge in [0.1, 0.15) is 11.4 Å². The molecule has 1 aliphatic heterocycles. The van der Waals surface area contributed by atoms with Gasteiger partial charge in [-0.3, -0.25) is 14.6 Å². The zero-order valence-electron chi connectivity index (χ0n) is 16.1. The van der Waals surface area contributed by atoms with Crippen LogP contribution in [0.3, 0.4) is 0 Å². The molecular weight excluding hydrogens is 404 g/mol. The maximum atomic E-state index is 13.0. The van der Waals surface area contributed by atoms with Gasteiger partial charge in [-0.25, -0.2) is 8.78 Å². The second-order valence-electron chi connectivity index (χ2n) is 6.92. The lowest BCUT2D eigenvalue weighted by atomic mass is 10.1. The summed E-state index contributed by atoms with van der Waals surface area (Å²) in [6.45, 7) is 2.03. The second-order valence-corrected chi connectivity index (χ2v) is 7.33. The molecule has 2 heterocycles. The van der Waals surface area contributed by atoms with Gasteiger partial charge in [-0.2, -0.15) is 0 Å². The monoisotopic (exact) mass is 423 g/mol. The summed E-state index contributed by atoms with van der Waals surface area (Å²) < 4.78 is 31.1. The number of benzene rings is 1. The molecule has 1 unspecified atom stereocenters. The minimum absolute atomic E-state index is 0.145. The van der Waals surface area contributed by atoms with Crippen LogP contribution in [0.25, 0.3) is 0 Å². The number of alkyl halides is 2. The highest BCUT2D eigenvalue weighted by molar-refractivity contribution is 6.32. The van der Waals surface area contributed by atoms with Crippen LogP contribution in [0.5, 0.6) is 5.75 Å². The lowest BCUT2D eigenvalue weighted by Gasteiger charge is -2.25. The second kappa shape index (κ2) is 7.94. The van der Waals surface area contributed by atoms with E-state index in [1.165, 1.54) is 19.3 Å². The number of hydrogen-bond donors (Lipinski definition) is 1. The lowest BCUT2D eigenvalue weighted by molar-refractivity contribution is -0.0229. The SMILES string of the molecule is CNC(=O)c1nccc2c1CN(C(C)c1ccc(OCC(C)(F)F)c(Cl)c1)C2=O. The molecule has 0 radical (unpaired) electrons. The Kier molecular flexibility index (Phi) is 5.75. The Bertz CT molecular complexity index is 962. The predicted molar refractivity (Wildman–Crippen MR) is 103 cm³/mol. The van der Waals surface area contributed by atoms with Gasteiger partial charge in [0.25, 0.3) is 17.7 Å². The number of amides is 2. The molecule has 0 spiro atoms. The summed E-state index contributed by atoms with van der Waals surface area (Å²) in [7, 11) is 1.50. The van der Waals surface area contributed by atoms with E-state index in [2.05, 4.69) is 10.3 Å². The molecule has 0 saturated heterocycles. The van der Waals surface area contributed by atoms with E-state index in [9.17, 15) is 18.4 Å². The van der Waals surface area contributed by atoms with Gasteiger partial charge in [0.15, 0.2) is 6.61 Å². The molecule has 6 nitrogen and oxygen atoms in total. The quantitative estimate of drug-likeness (QED) is 0.766. The fourth-order valence-corrected chi connectivity index (χ4v) is 3.40. The standard InChI is InChI=1S/C20H20ClF2N3O3/c1-11(12-4-5-16(15(21)8-12)29-10-20(2,22)23)26-9-14-13(19(26)28)6-7-25-17(14)18(27)24-3/h4-8,11H,9-10H2,1-3H3,(H,24,27). The van der Waals surface area contributed by atoms with Crippen LogP contribution in [0.2, 0.25) is 5.02 Å². The van der Waals surface area contributed by atoms with E-state index in [-0.39, 0.29) is 40.9 Å². The number of ether oxygens (including phenoxy) is 1. The maximum absolute atomic E-state index is 13.0. The van der Waals surface area contributed by atoms with E-state index >= 15 is 0 Å². The molecule has 1 aromatic heterocycles. The van der Waals surface area contributed by atoms with Crippen molar-refractivity contribution in [3.63, 3.8) is 0 Å². The minimum Gasteiger partial charge on any atom is -0.486 e. The Morgan fingerprint density at radius 1 is 1.41 bits per heavy atom. The molecule has 3 rings (SSSR count). The van der Waals surface area contributed by atoms with Crippen molar-refractivity contribution in [2.24, 2.45) is 0 Å². The van der Waals surface area contributed by atoms with Gasteiger partial charge in [-0.15, -0.1) is 0 Å². The summed E-state index contributed by atoms with van der Waals surface area (Å²) in [5, 5.41) is 2.70. The van der Waals surface area contributed by atoms with Crippen molar-refractivity contribution in [1.29, 1.82) is 0 Å². The average Bonchev–Trinajstić information content (AvgIpc) is 3.02. The topological polar surface area (TPSA) is 71.5 Å². The van der Waals surface area contributed by atoms with Gasteiger partial charge in [0.2, 0.25) is 0 Å². The van der Waals surface area contributed by atoms with Gasteiger partial charge >= 0.3 is 0 Å². The fourth-order valence-electron chi connectivity index (χ4n) is 3.16. The largest absolute Gasteiger partial charge is 0.486 e. The number of aromatic nitrogens is 1. The van der Waals surface area contributed by atoms with Gasteiger partial charge in [0.05, 0.1) is 11.1 Å². The maximum Gasteiger partial charge on any atom is 0.278 e. The zero-order valence-corrected chi connectivity index (χ0v) is 16.9. The third kappa shape index (κ3) is 4.32. The first kappa shape index (κ1) is 21.0. The van der Waals surface area contributed by atoms with Crippen LogP contribution in [0.4, 0.5) is 8.78 Å². The molecule has 0 bridgehead atoms. The van der Waals surface area contributed by atoms with E-state index in [1.54, 1.807) is 23.1 Å². The summed E-state index contributed by atoms with van der Waals surface area (Å²) in [6.07, 6.45) is 1.43. The normalized spacial score (nSPS) is 14.6. The van der Waals surface area contributed by atoms with E-state index in [0.29, 0.717) is 16.7 Å². The Balaban J connectivity index is 1.82. The van der Waals surface area contributed by atoms with Crippen molar-refractivity contribution in [2.45, 2.75) is 32.4 Å². The molecule has 0 saturated carbocycles. The molecule has 1 N–H and O–H groups in total. The number of rotatable bonds is 6. The first-order valence-corrected chi connectivity index (χ1v) is 9.31. The van der Waals surface area contributed by atoms with Crippen LogP contribution in [-0.2, 0) is 6.54 Å². The number of nitrogens with zero attached hydrogens (tertiary/aromatic N) is 2. The van der Waals surface area contributed by atoms with Crippen molar-refractivity contribution < 1.29 is 23.1 Å².